The second kappa shape index (κ2) is 5.52. The molecule has 4 heteroatoms. The Morgan fingerprint density at radius 1 is 1.77 bits per heavy atom. The minimum absolute atomic E-state index is 0.0596. The molecular formula is C9H17NO2S. The molecule has 1 rings (SSSR count). The first kappa shape index (κ1) is 10.9. The van der Waals surface area contributed by atoms with Crippen molar-refractivity contribution in [1.82, 2.24) is 0 Å². The van der Waals surface area contributed by atoms with Crippen molar-refractivity contribution in [3.05, 3.63) is 0 Å². The van der Waals surface area contributed by atoms with E-state index in [1.807, 2.05) is 6.92 Å². The molecule has 1 fully saturated rings. The number of hydrogen-bond acceptors (Lipinski definition) is 3. The van der Waals surface area contributed by atoms with Gasteiger partial charge in [-0.2, -0.15) is 0 Å². The van der Waals surface area contributed by atoms with Crippen molar-refractivity contribution in [2.24, 2.45) is 11.7 Å². The van der Waals surface area contributed by atoms with Crippen LogP contribution in [0.3, 0.4) is 0 Å². The summed E-state index contributed by atoms with van der Waals surface area (Å²) in [6.45, 7) is 4.41. The molecule has 0 saturated carbocycles. The lowest BCUT2D eigenvalue weighted by molar-refractivity contribution is 0.0611. The zero-order chi connectivity index (χ0) is 9.68. The molecule has 2 unspecified atom stereocenters. The predicted octanol–water partition coefficient (Wildman–Crippen LogP) is 1.10. The van der Waals surface area contributed by atoms with Gasteiger partial charge in [-0.1, -0.05) is 19.1 Å². The zero-order valence-electron chi connectivity index (χ0n) is 7.99. The van der Waals surface area contributed by atoms with Gasteiger partial charge in [0.1, 0.15) is 11.1 Å². The Bertz CT molecular complexity index is 169. The third-order valence-corrected chi connectivity index (χ3v) is 2.51. The summed E-state index contributed by atoms with van der Waals surface area (Å²) in [4.78, 5) is 0.460. The summed E-state index contributed by atoms with van der Waals surface area (Å²) in [5.41, 5.74) is 5.51. The number of nitrogens with two attached hydrogens (primary N) is 1. The highest BCUT2D eigenvalue weighted by atomic mass is 32.1. The highest BCUT2D eigenvalue weighted by Gasteiger charge is 2.18. The lowest BCUT2D eigenvalue weighted by Gasteiger charge is -2.16. The molecular weight excluding hydrogens is 186 g/mol. The van der Waals surface area contributed by atoms with E-state index in [-0.39, 0.29) is 6.10 Å². The Morgan fingerprint density at radius 2 is 2.54 bits per heavy atom. The third-order valence-electron chi connectivity index (χ3n) is 2.25. The van der Waals surface area contributed by atoms with Gasteiger partial charge in [0.2, 0.25) is 0 Å². The largest absolute Gasteiger partial charge is 0.391 e. The maximum atomic E-state index is 5.59. The van der Waals surface area contributed by atoms with Gasteiger partial charge in [0.15, 0.2) is 0 Å². The van der Waals surface area contributed by atoms with Gasteiger partial charge in [0, 0.05) is 12.5 Å². The fourth-order valence-electron chi connectivity index (χ4n) is 1.37. The molecule has 76 valence electrons. The van der Waals surface area contributed by atoms with Crippen LogP contribution in [-0.2, 0) is 9.47 Å². The molecule has 0 bridgehead atoms. The Labute approximate surface area is 84.6 Å². The molecule has 2 N–H and O–H groups in total. The molecule has 0 radical (unpaired) electrons. The number of ether oxygens (including phenoxy) is 2. The van der Waals surface area contributed by atoms with Gasteiger partial charge in [-0.05, 0) is 12.8 Å². The molecule has 0 aromatic heterocycles. The van der Waals surface area contributed by atoms with Crippen molar-refractivity contribution in [2.75, 3.05) is 19.8 Å². The van der Waals surface area contributed by atoms with Crippen molar-refractivity contribution in [3.8, 4) is 0 Å². The molecule has 13 heavy (non-hydrogen) atoms. The van der Waals surface area contributed by atoms with Crippen LogP contribution < -0.4 is 5.73 Å². The second-order valence-electron chi connectivity index (χ2n) is 3.36. The molecule has 1 aliphatic rings. The third kappa shape index (κ3) is 3.58. The number of hydrogen-bond donors (Lipinski definition) is 1. The lowest BCUT2D eigenvalue weighted by Crippen LogP contribution is -2.30. The molecule has 0 spiro atoms. The van der Waals surface area contributed by atoms with Crippen LogP contribution >= 0.6 is 12.2 Å². The van der Waals surface area contributed by atoms with Gasteiger partial charge in [-0.25, -0.2) is 0 Å². The zero-order valence-corrected chi connectivity index (χ0v) is 8.81. The van der Waals surface area contributed by atoms with Gasteiger partial charge in [0.05, 0.1) is 13.2 Å². The van der Waals surface area contributed by atoms with Crippen LogP contribution in [0.1, 0.15) is 19.8 Å². The van der Waals surface area contributed by atoms with E-state index in [0.29, 0.717) is 10.9 Å². The SMILES string of the molecule is CCC(OCC1CCOC1)C(N)=S. The van der Waals surface area contributed by atoms with Crippen LogP contribution in [0.15, 0.2) is 0 Å². The maximum absolute atomic E-state index is 5.59. The van der Waals surface area contributed by atoms with E-state index < -0.39 is 0 Å². The van der Waals surface area contributed by atoms with Crippen molar-refractivity contribution < 1.29 is 9.47 Å². The molecule has 3 nitrogen and oxygen atoms in total. The first-order chi connectivity index (χ1) is 6.24. The molecule has 0 aromatic carbocycles. The average molecular weight is 203 g/mol. The Hall–Kier alpha value is -0.190. The van der Waals surface area contributed by atoms with E-state index in [2.05, 4.69) is 0 Å². The van der Waals surface area contributed by atoms with E-state index in [4.69, 9.17) is 27.4 Å². The Morgan fingerprint density at radius 3 is 3.00 bits per heavy atom. The van der Waals surface area contributed by atoms with Crippen molar-refractivity contribution >= 4 is 17.2 Å². The fraction of sp³-hybridized carbons (Fsp3) is 0.889. The normalized spacial score (nSPS) is 24.5. The summed E-state index contributed by atoms with van der Waals surface area (Å²) in [6.07, 6.45) is 1.88. The Kier molecular flexibility index (Phi) is 4.62. The highest BCUT2D eigenvalue weighted by molar-refractivity contribution is 7.80. The first-order valence-corrected chi connectivity index (χ1v) is 5.13. The van der Waals surface area contributed by atoms with Crippen LogP contribution in [0.4, 0.5) is 0 Å². The molecule has 0 amide bonds. The fourth-order valence-corrected chi connectivity index (χ4v) is 1.60. The predicted molar refractivity (Wildman–Crippen MR) is 55.7 cm³/mol. The molecule has 0 aliphatic carbocycles. The minimum Gasteiger partial charge on any atom is -0.391 e. The van der Waals surface area contributed by atoms with Crippen LogP contribution in [0.25, 0.3) is 0 Å². The summed E-state index contributed by atoms with van der Waals surface area (Å²) in [5, 5.41) is 0. The first-order valence-electron chi connectivity index (χ1n) is 4.72. The summed E-state index contributed by atoms with van der Waals surface area (Å²) >= 11 is 4.88. The van der Waals surface area contributed by atoms with Gasteiger partial charge in [-0.15, -0.1) is 0 Å². The quantitative estimate of drug-likeness (QED) is 0.680. The highest BCUT2D eigenvalue weighted by Crippen LogP contribution is 2.13. The Balaban J connectivity index is 2.18. The molecule has 1 aliphatic heterocycles. The topological polar surface area (TPSA) is 44.5 Å². The summed E-state index contributed by atoms with van der Waals surface area (Å²) in [5.74, 6) is 0.531. The van der Waals surface area contributed by atoms with Gasteiger partial charge in [-0.3, -0.25) is 0 Å². The monoisotopic (exact) mass is 203 g/mol. The molecule has 1 heterocycles. The average Bonchev–Trinajstić information content (AvgIpc) is 2.57. The van der Waals surface area contributed by atoms with E-state index in [9.17, 15) is 0 Å². The lowest BCUT2D eigenvalue weighted by atomic mass is 10.1. The summed E-state index contributed by atoms with van der Waals surface area (Å²) in [7, 11) is 0. The maximum Gasteiger partial charge on any atom is 0.107 e. The van der Waals surface area contributed by atoms with Crippen LogP contribution in [0, 0.1) is 5.92 Å². The van der Waals surface area contributed by atoms with Crippen LogP contribution in [0.5, 0.6) is 0 Å². The molecule has 1 saturated heterocycles. The van der Waals surface area contributed by atoms with Crippen molar-refractivity contribution in [2.45, 2.75) is 25.9 Å². The molecule has 0 aromatic rings. The van der Waals surface area contributed by atoms with E-state index >= 15 is 0 Å². The number of thiocarbonyl (C=S) groups is 1. The van der Waals surface area contributed by atoms with Crippen molar-refractivity contribution in [1.29, 1.82) is 0 Å². The van der Waals surface area contributed by atoms with E-state index in [1.54, 1.807) is 0 Å². The second-order valence-corrected chi connectivity index (χ2v) is 3.83. The molecule has 2 atom stereocenters. The minimum atomic E-state index is -0.0596. The van der Waals surface area contributed by atoms with Gasteiger partial charge >= 0.3 is 0 Å². The smallest absolute Gasteiger partial charge is 0.107 e. The van der Waals surface area contributed by atoms with Crippen LogP contribution in [-0.4, -0.2) is 30.9 Å². The standard InChI is InChI=1S/C9H17NO2S/c1-2-8(9(10)13)12-6-7-3-4-11-5-7/h7-8H,2-6H2,1H3,(H2,10,13). The van der Waals surface area contributed by atoms with Gasteiger partial charge < -0.3 is 15.2 Å². The number of rotatable bonds is 5. The van der Waals surface area contributed by atoms with Crippen molar-refractivity contribution in [3.63, 3.8) is 0 Å². The van der Waals surface area contributed by atoms with Gasteiger partial charge in [0.25, 0.3) is 0 Å². The summed E-state index contributed by atoms with van der Waals surface area (Å²) < 4.78 is 10.8. The van der Waals surface area contributed by atoms with Crippen LogP contribution in [0.2, 0.25) is 0 Å². The van der Waals surface area contributed by atoms with E-state index in [0.717, 1.165) is 32.7 Å². The summed E-state index contributed by atoms with van der Waals surface area (Å²) in [6, 6.07) is 0. The van der Waals surface area contributed by atoms with E-state index in [1.165, 1.54) is 0 Å².